The smallest absolute Gasteiger partial charge is 0.243 e. The first kappa shape index (κ1) is 23.4. The number of carbonyl (C=O) groups is 2. The lowest BCUT2D eigenvalue weighted by Crippen LogP contribution is -2.47. The first-order valence-electron chi connectivity index (χ1n) is 8.52. The number of nitrogens with zero attached hydrogens (tertiary/aromatic N) is 2. The van der Waals surface area contributed by atoms with Gasteiger partial charge in [0.05, 0.1) is 11.4 Å². The number of amides is 2. The van der Waals surface area contributed by atoms with Crippen LogP contribution in [-0.2, 0) is 19.6 Å². The van der Waals surface area contributed by atoms with E-state index in [9.17, 15) is 18.0 Å². The van der Waals surface area contributed by atoms with Crippen LogP contribution in [0.4, 0.5) is 5.69 Å². The lowest BCUT2D eigenvalue weighted by molar-refractivity contribution is -0.132. The van der Waals surface area contributed by atoms with E-state index in [1.807, 2.05) is 0 Å². The number of rotatable bonds is 6. The molecule has 1 aliphatic rings. The van der Waals surface area contributed by atoms with E-state index in [0.717, 1.165) is 30.2 Å². The van der Waals surface area contributed by atoms with Crippen LogP contribution in [0.5, 0.6) is 0 Å². The molecule has 2 rings (SSSR count). The monoisotopic (exact) mass is 418 g/mol. The molecule has 1 aliphatic heterocycles. The van der Waals surface area contributed by atoms with E-state index in [0.29, 0.717) is 5.69 Å². The van der Waals surface area contributed by atoms with Crippen molar-refractivity contribution in [2.24, 2.45) is 0 Å². The average molecular weight is 419 g/mol. The Labute approximate surface area is 166 Å². The molecule has 0 radical (unpaired) electrons. The number of hydrogen-bond acceptors (Lipinski definition) is 5. The predicted molar refractivity (Wildman–Crippen MR) is 106 cm³/mol. The van der Waals surface area contributed by atoms with Gasteiger partial charge in [0, 0.05) is 32.7 Å². The van der Waals surface area contributed by atoms with Gasteiger partial charge in [-0.2, -0.15) is 4.31 Å². The molecule has 152 valence electrons. The maximum Gasteiger partial charge on any atom is 0.243 e. The van der Waals surface area contributed by atoms with Gasteiger partial charge < -0.3 is 15.5 Å². The number of piperidine rings is 1. The van der Waals surface area contributed by atoms with E-state index in [1.54, 1.807) is 11.9 Å². The molecule has 1 fully saturated rings. The zero-order valence-corrected chi connectivity index (χ0v) is 17.4. The number of halogens is 1. The Balaban J connectivity index is 0.00000364. The molecule has 8 nitrogen and oxygen atoms in total. The normalized spacial score (nSPS) is 15.1. The molecule has 2 N–H and O–H groups in total. The van der Waals surface area contributed by atoms with Crippen molar-refractivity contribution < 1.29 is 18.0 Å². The van der Waals surface area contributed by atoms with Crippen LogP contribution in [0.15, 0.2) is 29.2 Å². The minimum Gasteiger partial charge on any atom is -0.342 e. The van der Waals surface area contributed by atoms with Gasteiger partial charge in [-0.05, 0) is 50.2 Å². The van der Waals surface area contributed by atoms with Crippen LogP contribution in [0.25, 0.3) is 0 Å². The highest BCUT2D eigenvalue weighted by Crippen LogP contribution is 2.18. The minimum absolute atomic E-state index is 0. The predicted octanol–water partition coefficient (Wildman–Crippen LogP) is 0.898. The fraction of sp³-hybridized carbons (Fsp3) is 0.529. The minimum atomic E-state index is -3.78. The van der Waals surface area contributed by atoms with Crippen molar-refractivity contribution in [3.63, 3.8) is 0 Å². The van der Waals surface area contributed by atoms with Crippen molar-refractivity contribution >= 4 is 39.9 Å². The summed E-state index contributed by atoms with van der Waals surface area (Å²) in [6, 6.07) is 6.00. The molecule has 2 amide bonds. The van der Waals surface area contributed by atoms with Gasteiger partial charge in [-0.25, -0.2) is 8.42 Å². The van der Waals surface area contributed by atoms with Gasteiger partial charge in [0.2, 0.25) is 21.8 Å². The fourth-order valence-electron chi connectivity index (χ4n) is 2.88. The van der Waals surface area contributed by atoms with Crippen LogP contribution in [0.1, 0.15) is 19.8 Å². The maximum absolute atomic E-state index is 12.7. The Morgan fingerprint density at radius 2 is 1.70 bits per heavy atom. The van der Waals surface area contributed by atoms with Crippen molar-refractivity contribution in [3.05, 3.63) is 24.3 Å². The lowest BCUT2D eigenvalue weighted by atomic mass is 10.1. The Bertz CT molecular complexity index is 749. The SMILES string of the molecule is CC(=O)Nc1ccc(S(=O)(=O)N(C)CC(=O)N(C)C2CCNCC2)cc1.Cl. The van der Waals surface area contributed by atoms with Crippen LogP contribution < -0.4 is 10.6 Å². The van der Waals surface area contributed by atoms with Crippen molar-refractivity contribution in [2.75, 3.05) is 39.0 Å². The molecule has 1 aromatic carbocycles. The zero-order chi connectivity index (χ0) is 19.3. The summed E-state index contributed by atoms with van der Waals surface area (Å²) in [5, 5.41) is 5.82. The molecule has 0 bridgehead atoms. The summed E-state index contributed by atoms with van der Waals surface area (Å²) in [6.45, 7) is 2.88. The molecule has 1 saturated heterocycles. The number of benzene rings is 1. The quantitative estimate of drug-likeness (QED) is 0.715. The van der Waals surface area contributed by atoms with E-state index in [2.05, 4.69) is 10.6 Å². The molecule has 0 atom stereocenters. The third-order valence-corrected chi connectivity index (χ3v) is 6.31. The standard InChI is InChI=1S/C17H26N4O4S.ClH/c1-13(22)19-14-4-6-16(7-5-14)26(24,25)20(2)12-17(23)21(3)15-8-10-18-11-9-15;/h4-7,15,18H,8-12H2,1-3H3,(H,19,22);1H. The van der Waals surface area contributed by atoms with Crippen LogP contribution in [0, 0.1) is 0 Å². The second-order valence-electron chi connectivity index (χ2n) is 6.45. The third-order valence-electron chi connectivity index (χ3n) is 4.49. The van der Waals surface area contributed by atoms with Gasteiger partial charge >= 0.3 is 0 Å². The summed E-state index contributed by atoms with van der Waals surface area (Å²) in [4.78, 5) is 25.2. The summed E-state index contributed by atoms with van der Waals surface area (Å²) in [5.74, 6) is -0.456. The van der Waals surface area contributed by atoms with Gasteiger partial charge in [-0.1, -0.05) is 0 Å². The van der Waals surface area contributed by atoms with Gasteiger partial charge in [-0.15, -0.1) is 12.4 Å². The largest absolute Gasteiger partial charge is 0.342 e. The van der Waals surface area contributed by atoms with Crippen LogP contribution in [0.2, 0.25) is 0 Å². The van der Waals surface area contributed by atoms with Gasteiger partial charge in [0.1, 0.15) is 0 Å². The second-order valence-corrected chi connectivity index (χ2v) is 8.50. The zero-order valence-electron chi connectivity index (χ0n) is 15.8. The van der Waals surface area contributed by atoms with Crippen LogP contribution in [0.3, 0.4) is 0 Å². The maximum atomic E-state index is 12.7. The number of carbonyl (C=O) groups excluding carboxylic acids is 2. The number of anilines is 1. The molecule has 0 aliphatic carbocycles. The Hall–Kier alpha value is -1.68. The van der Waals surface area contributed by atoms with E-state index in [1.165, 1.54) is 38.2 Å². The van der Waals surface area contributed by atoms with Crippen molar-refractivity contribution in [2.45, 2.75) is 30.7 Å². The second kappa shape index (κ2) is 10.0. The molecule has 0 aromatic heterocycles. The summed E-state index contributed by atoms with van der Waals surface area (Å²) in [7, 11) is -0.665. The van der Waals surface area contributed by atoms with Gasteiger partial charge in [0.15, 0.2) is 0 Å². The van der Waals surface area contributed by atoms with Crippen LogP contribution >= 0.6 is 12.4 Å². The Kier molecular flexibility index (Phi) is 8.67. The highest BCUT2D eigenvalue weighted by atomic mass is 35.5. The Morgan fingerprint density at radius 3 is 2.22 bits per heavy atom. The Morgan fingerprint density at radius 1 is 1.15 bits per heavy atom. The molecule has 1 heterocycles. The topological polar surface area (TPSA) is 98.8 Å². The molecule has 27 heavy (non-hydrogen) atoms. The molecular formula is C17H27ClN4O4S. The van der Waals surface area contributed by atoms with E-state index in [-0.39, 0.29) is 41.7 Å². The number of nitrogens with one attached hydrogen (secondary N) is 2. The molecule has 0 saturated carbocycles. The number of likely N-dealkylation sites (N-methyl/N-ethyl adjacent to an activating group) is 2. The van der Waals surface area contributed by atoms with E-state index >= 15 is 0 Å². The van der Waals surface area contributed by atoms with E-state index < -0.39 is 10.0 Å². The summed E-state index contributed by atoms with van der Waals surface area (Å²) < 4.78 is 26.4. The number of hydrogen-bond donors (Lipinski definition) is 2. The number of sulfonamides is 1. The molecule has 0 unspecified atom stereocenters. The van der Waals surface area contributed by atoms with Gasteiger partial charge in [-0.3, -0.25) is 9.59 Å². The van der Waals surface area contributed by atoms with Crippen molar-refractivity contribution in [3.8, 4) is 0 Å². The van der Waals surface area contributed by atoms with Crippen molar-refractivity contribution in [1.29, 1.82) is 0 Å². The van der Waals surface area contributed by atoms with Gasteiger partial charge in [0.25, 0.3) is 0 Å². The molecule has 10 heteroatoms. The summed E-state index contributed by atoms with van der Waals surface area (Å²) in [6.07, 6.45) is 1.73. The molecule has 1 aromatic rings. The molecular weight excluding hydrogens is 392 g/mol. The van der Waals surface area contributed by atoms with E-state index in [4.69, 9.17) is 0 Å². The first-order valence-corrected chi connectivity index (χ1v) is 9.96. The lowest BCUT2D eigenvalue weighted by Gasteiger charge is -2.32. The highest BCUT2D eigenvalue weighted by molar-refractivity contribution is 7.89. The van der Waals surface area contributed by atoms with Crippen molar-refractivity contribution in [1.82, 2.24) is 14.5 Å². The summed E-state index contributed by atoms with van der Waals surface area (Å²) in [5.41, 5.74) is 0.515. The third kappa shape index (κ3) is 6.17. The first-order chi connectivity index (χ1) is 12.2. The molecule has 0 spiro atoms. The fourth-order valence-corrected chi connectivity index (χ4v) is 4.00. The summed E-state index contributed by atoms with van der Waals surface area (Å²) >= 11 is 0. The van der Waals surface area contributed by atoms with Crippen LogP contribution in [-0.4, -0.2) is 69.2 Å². The average Bonchev–Trinajstić information content (AvgIpc) is 2.61. The highest BCUT2D eigenvalue weighted by Gasteiger charge is 2.27.